The second kappa shape index (κ2) is 6.60. The summed E-state index contributed by atoms with van der Waals surface area (Å²) in [6, 6.07) is 7.61. The van der Waals surface area contributed by atoms with Gasteiger partial charge in [-0.05, 0) is 37.5 Å². The van der Waals surface area contributed by atoms with Gasteiger partial charge in [0.05, 0.1) is 11.5 Å². The Kier molecular flexibility index (Phi) is 5.04. The Bertz CT molecular complexity index is 521. The fourth-order valence-electron chi connectivity index (χ4n) is 2.95. The summed E-state index contributed by atoms with van der Waals surface area (Å²) >= 11 is 3.37. The minimum atomic E-state index is -0.858. The van der Waals surface area contributed by atoms with E-state index in [0.29, 0.717) is 12.8 Å². The summed E-state index contributed by atoms with van der Waals surface area (Å²) in [6.07, 6.45) is 3.05. The summed E-state index contributed by atoms with van der Waals surface area (Å²) in [5.74, 6) is -1.03. The second-order valence-corrected chi connectivity index (χ2v) is 6.73. The Hall–Kier alpha value is -1.36. The van der Waals surface area contributed by atoms with Crippen LogP contribution >= 0.6 is 15.9 Å². The molecule has 5 heteroatoms. The number of carbonyl (C=O) groups excluding carboxylic acids is 1. The van der Waals surface area contributed by atoms with Crippen LogP contribution in [0.15, 0.2) is 28.7 Å². The molecule has 1 fully saturated rings. The number of benzene rings is 1. The van der Waals surface area contributed by atoms with Crippen LogP contribution in [0, 0.1) is 5.41 Å². The van der Waals surface area contributed by atoms with Crippen molar-refractivity contribution in [2.24, 2.45) is 5.41 Å². The topological polar surface area (TPSA) is 66.4 Å². The molecule has 0 aromatic heterocycles. The Labute approximate surface area is 133 Å². The van der Waals surface area contributed by atoms with Gasteiger partial charge in [0.1, 0.15) is 0 Å². The van der Waals surface area contributed by atoms with E-state index < -0.39 is 11.4 Å². The highest BCUT2D eigenvalue weighted by atomic mass is 79.9. The number of nitrogens with one attached hydrogen (secondary N) is 1. The van der Waals surface area contributed by atoms with Crippen LogP contribution in [0.2, 0.25) is 0 Å². The van der Waals surface area contributed by atoms with Gasteiger partial charge in [0.25, 0.3) is 0 Å². The lowest BCUT2D eigenvalue weighted by Crippen LogP contribution is -2.36. The van der Waals surface area contributed by atoms with Crippen LogP contribution in [0.5, 0.6) is 0 Å². The number of aliphatic carboxylic acids is 1. The van der Waals surface area contributed by atoms with Gasteiger partial charge in [-0.3, -0.25) is 9.59 Å². The van der Waals surface area contributed by atoms with E-state index in [2.05, 4.69) is 21.2 Å². The van der Waals surface area contributed by atoms with Crippen molar-refractivity contribution in [3.63, 3.8) is 0 Å². The maximum Gasteiger partial charge on any atom is 0.310 e. The van der Waals surface area contributed by atoms with Crippen LogP contribution in [0.25, 0.3) is 0 Å². The summed E-state index contributed by atoms with van der Waals surface area (Å²) in [5, 5.41) is 12.3. The van der Waals surface area contributed by atoms with E-state index in [1.165, 1.54) is 0 Å². The molecule has 1 amide bonds. The molecule has 2 rings (SSSR count). The first-order valence-corrected chi connectivity index (χ1v) is 8.00. The summed E-state index contributed by atoms with van der Waals surface area (Å²) < 4.78 is 0.987. The lowest BCUT2D eigenvalue weighted by Gasteiger charge is -2.24. The molecule has 0 unspecified atom stereocenters. The molecule has 0 bridgehead atoms. The molecule has 0 heterocycles. The van der Waals surface area contributed by atoms with E-state index >= 15 is 0 Å². The number of hydrogen-bond donors (Lipinski definition) is 2. The third kappa shape index (κ3) is 3.84. The number of carbonyl (C=O) groups is 2. The normalized spacial score (nSPS) is 18.2. The summed E-state index contributed by atoms with van der Waals surface area (Å²) in [4.78, 5) is 23.6. The quantitative estimate of drug-likeness (QED) is 0.848. The number of amides is 1. The van der Waals surface area contributed by atoms with Gasteiger partial charge in [-0.25, -0.2) is 0 Å². The Morgan fingerprint density at radius 1 is 1.29 bits per heavy atom. The fraction of sp³-hybridized carbons (Fsp3) is 0.500. The van der Waals surface area contributed by atoms with Crippen LogP contribution < -0.4 is 5.32 Å². The van der Waals surface area contributed by atoms with Crippen LogP contribution in [-0.4, -0.2) is 17.0 Å². The zero-order valence-electron chi connectivity index (χ0n) is 12.1. The largest absolute Gasteiger partial charge is 0.481 e. The average Bonchev–Trinajstić information content (AvgIpc) is 2.89. The van der Waals surface area contributed by atoms with Gasteiger partial charge in [0.15, 0.2) is 0 Å². The summed E-state index contributed by atoms with van der Waals surface area (Å²) in [5.41, 5.74) is 0.145. The van der Waals surface area contributed by atoms with E-state index in [1.54, 1.807) is 0 Å². The van der Waals surface area contributed by atoms with Gasteiger partial charge >= 0.3 is 5.97 Å². The molecule has 1 atom stereocenters. The second-order valence-electron chi connectivity index (χ2n) is 5.81. The smallest absolute Gasteiger partial charge is 0.310 e. The number of rotatable bonds is 5. The maximum atomic E-state index is 12.2. The molecular weight excluding hydrogens is 334 g/mol. The number of carboxylic acid groups (broad SMARTS) is 1. The highest BCUT2D eigenvalue weighted by Gasteiger charge is 2.43. The van der Waals surface area contributed by atoms with Crippen molar-refractivity contribution in [1.29, 1.82) is 0 Å². The first kappa shape index (κ1) is 16.0. The van der Waals surface area contributed by atoms with Crippen molar-refractivity contribution in [2.45, 2.75) is 45.1 Å². The number of carboxylic acids is 1. The maximum absolute atomic E-state index is 12.2. The van der Waals surface area contributed by atoms with Crippen molar-refractivity contribution in [3.05, 3.63) is 34.3 Å². The van der Waals surface area contributed by atoms with Crippen molar-refractivity contribution >= 4 is 27.8 Å². The van der Waals surface area contributed by atoms with Gasteiger partial charge in [-0.2, -0.15) is 0 Å². The fourth-order valence-corrected chi connectivity index (χ4v) is 3.22. The van der Waals surface area contributed by atoms with Crippen molar-refractivity contribution in [3.8, 4) is 0 Å². The van der Waals surface area contributed by atoms with Crippen molar-refractivity contribution in [1.82, 2.24) is 5.32 Å². The Morgan fingerprint density at radius 2 is 1.86 bits per heavy atom. The van der Waals surface area contributed by atoms with E-state index in [0.717, 1.165) is 22.9 Å². The molecule has 1 aliphatic rings. The Morgan fingerprint density at radius 3 is 2.38 bits per heavy atom. The third-order valence-electron chi connectivity index (χ3n) is 4.26. The first-order chi connectivity index (χ1) is 9.93. The molecule has 0 saturated heterocycles. The predicted octanol–water partition coefficient (Wildman–Crippen LogP) is 3.66. The highest BCUT2D eigenvalue weighted by molar-refractivity contribution is 9.10. The first-order valence-electron chi connectivity index (χ1n) is 7.21. The van der Waals surface area contributed by atoms with E-state index in [1.807, 2.05) is 31.2 Å². The van der Waals surface area contributed by atoms with Crippen molar-refractivity contribution in [2.75, 3.05) is 0 Å². The molecule has 0 radical (unpaired) electrons. The summed E-state index contributed by atoms with van der Waals surface area (Å²) in [7, 11) is 0. The molecule has 1 aromatic carbocycles. The summed E-state index contributed by atoms with van der Waals surface area (Å²) in [6.45, 7) is 1.91. The predicted molar refractivity (Wildman–Crippen MR) is 83.9 cm³/mol. The van der Waals surface area contributed by atoms with E-state index in [4.69, 9.17) is 0 Å². The lowest BCUT2D eigenvalue weighted by atomic mass is 9.82. The zero-order chi connectivity index (χ0) is 15.5. The van der Waals surface area contributed by atoms with Crippen molar-refractivity contribution < 1.29 is 14.7 Å². The number of hydrogen-bond acceptors (Lipinski definition) is 2. The van der Waals surface area contributed by atoms with Crippen LogP contribution in [-0.2, 0) is 9.59 Å². The minimum absolute atomic E-state index is 0.0726. The van der Waals surface area contributed by atoms with Gasteiger partial charge in [0.2, 0.25) is 5.91 Å². The standard InChI is InChI=1S/C16H20BrNO3/c1-11(12-4-6-13(17)7-5-12)18-14(19)10-16(15(20)21)8-2-3-9-16/h4-7,11H,2-3,8-10H2,1H3,(H,18,19)(H,20,21)/t11-/m1/s1. The zero-order valence-corrected chi connectivity index (χ0v) is 13.6. The molecule has 1 saturated carbocycles. The van der Waals surface area contributed by atoms with Crippen LogP contribution in [0.4, 0.5) is 0 Å². The molecule has 0 spiro atoms. The van der Waals surface area contributed by atoms with Gasteiger partial charge in [-0.15, -0.1) is 0 Å². The molecule has 0 aliphatic heterocycles. The lowest BCUT2D eigenvalue weighted by molar-refractivity contribution is -0.151. The van der Waals surface area contributed by atoms with Crippen LogP contribution in [0.1, 0.15) is 50.6 Å². The average molecular weight is 354 g/mol. The van der Waals surface area contributed by atoms with Gasteiger partial charge < -0.3 is 10.4 Å². The molecule has 4 nitrogen and oxygen atoms in total. The Balaban J connectivity index is 1.97. The van der Waals surface area contributed by atoms with Gasteiger partial charge in [0, 0.05) is 10.9 Å². The highest BCUT2D eigenvalue weighted by Crippen LogP contribution is 2.41. The monoisotopic (exact) mass is 353 g/mol. The molecule has 1 aromatic rings. The third-order valence-corrected chi connectivity index (χ3v) is 4.79. The van der Waals surface area contributed by atoms with E-state index in [-0.39, 0.29) is 18.4 Å². The molecule has 114 valence electrons. The van der Waals surface area contributed by atoms with E-state index in [9.17, 15) is 14.7 Å². The molecule has 21 heavy (non-hydrogen) atoms. The van der Waals surface area contributed by atoms with Gasteiger partial charge in [-0.1, -0.05) is 40.9 Å². The molecule has 2 N–H and O–H groups in total. The van der Waals surface area contributed by atoms with Crippen LogP contribution in [0.3, 0.4) is 0 Å². The SMILES string of the molecule is C[C@@H](NC(=O)CC1(C(=O)O)CCCC1)c1ccc(Br)cc1. The molecule has 1 aliphatic carbocycles. The number of halogens is 1. The molecular formula is C16H20BrNO3. The minimum Gasteiger partial charge on any atom is -0.481 e.